The minimum atomic E-state index is -0.449. The Hall–Kier alpha value is -3.94. The highest BCUT2D eigenvalue weighted by Gasteiger charge is 2.16. The molecule has 1 amide bonds. The summed E-state index contributed by atoms with van der Waals surface area (Å²) in [5.41, 5.74) is 10.8. The zero-order valence-corrected chi connectivity index (χ0v) is 16.1. The van der Waals surface area contributed by atoms with E-state index in [-0.39, 0.29) is 0 Å². The molecule has 3 N–H and O–H groups in total. The number of nitrogens with one attached hydrogen (secondary N) is 1. The monoisotopic (exact) mass is 388 g/mol. The van der Waals surface area contributed by atoms with Crippen LogP contribution in [-0.2, 0) is 6.42 Å². The van der Waals surface area contributed by atoms with Crippen LogP contribution in [0.3, 0.4) is 0 Å². The van der Waals surface area contributed by atoms with E-state index in [0.29, 0.717) is 17.8 Å². The number of hydrogen-bond acceptors (Lipinski definition) is 5. The van der Waals surface area contributed by atoms with E-state index in [1.54, 1.807) is 19.2 Å². The van der Waals surface area contributed by atoms with Crippen molar-refractivity contribution in [1.29, 1.82) is 0 Å². The van der Waals surface area contributed by atoms with Crippen molar-refractivity contribution in [2.45, 2.75) is 13.3 Å². The lowest BCUT2D eigenvalue weighted by Crippen LogP contribution is -2.12. The molecule has 2 aromatic heterocycles. The smallest absolute Gasteiger partial charge is 0.248 e. The molecule has 0 aliphatic carbocycles. The van der Waals surface area contributed by atoms with Gasteiger partial charge in [-0.25, -0.2) is 0 Å². The number of primary amides is 1. The zero-order chi connectivity index (χ0) is 20.4. The molecule has 0 fully saturated rings. The number of methoxy groups -OCH3 is 1. The number of aryl methyl sites for hydroxylation is 1. The minimum Gasteiger partial charge on any atom is -0.497 e. The van der Waals surface area contributed by atoms with Gasteiger partial charge in [-0.05, 0) is 72.6 Å². The molecule has 0 saturated carbocycles. The fourth-order valence-corrected chi connectivity index (χ4v) is 3.37. The van der Waals surface area contributed by atoms with Crippen LogP contribution in [0.4, 0.5) is 0 Å². The molecule has 0 radical (unpaired) electrons. The molecule has 0 aliphatic heterocycles. The van der Waals surface area contributed by atoms with Crippen molar-refractivity contribution in [3.63, 3.8) is 0 Å². The predicted molar refractivity (Wildman–Crippen MR) is 108 cm³/mol. The number of nitrogens with zero attached hydrogens (tertiary/aromatic N) is 4. The van der Waals surface area contributed by atoms with Crippen molar-refractivity contribution in [3.8, 4) is 22.7 Å². The topological polar surface area (TPSA) is 112 Å². The Morgan fingerprint density at radius 1 is 1.14 bits per heavy atom. The summed E-state index contributed by atoms with van der Waals surface area (Å²) in [4.78, 5) is 11.6. The first-order valence-electron chi connectivity index (χ1n) is 9.05. The largest absolute Gasteiger partial charge is 0.497 e. The van der Waals surface area contributed by atoms with Gasteiger partial charge in [-0.15, -0.1) is 10.2 Å². The molecule has 29 heavy (non-hydrogen) atoms. The van der Waals surface area contributed by atoms with E-state index in [9.17, 15) is 4.79 Å². The quantitative estimate of drug-likeness (QED) is 0.527. The van der Waals surface area contributed by atoms with Crippen molar-refractivity contribution in [2.75, 3.05) is 7.11 Å². The van der Waals surface area contributed by atoms with Crippen LogP contribution in [0.25, 0.3) is 16.9 Å². The number of rotatable bonds is 6. The third-order valence-electron chi connectivity index (χ3n) is 4.80. The molecular weight excluding hydrogens is 368 g/mol. The van der Waals surface area contributed by atoms with Crippen molar-refractivity contribution in [3.05, 3.63) is 77.2 Å². The number of amides is 1. The molecule has 0 spiro atoms. The van der Waals surface area contributed by atoms with Gasteiger partial charge in [0.25, 0.3) is 0 Å². The van der Waals surface area contributed by atoms with E-state index in [2.05, 4.69) is 31.3 Å². The molecule has 2 aromatic carbocycles. The van der Waals surface area contributed by atoms with Crippen LogP contribution < -0.4 is 10.5 Å². The Kier molecular flexibility index (Phi) is 4.82. The molecule has 0 aliphatic rings. The van der Waals surface area contributed by atoms with Crippen LogP contribution in [0.1, 0.15) is 27.4 Å². The van der Waals surface area contributed by atoms with E-state index < -0.39 is 5.91 Å². The number of nitrogens with two attached hydrogens (primary N) is 1. The summed E-state index contributed by atoms with van der Waals surface area (Å²) < 4.78 is 7.41. The number of carbonyl (C=O) groups excluding carboxylic acids is 1. The van der Waals surface area contributed by atoms with Crippen molar-refractivity contribution in [2.24, 2.45) is 5.73 Å². The van der Waals surface area contributed by atoms with Gasteiger partial charge in [0, 0.05) is 16.9 Å². The summed E-state index contributed by atoms with van der Waals surface area (Å²) in [5, 5.41) is 14.3. The van der Waals surface area contributed by atoms with Gasteiger partial charge in [0.15, 0.2) is 5.82 Å². The van der Waals surface area contributed by atoms with Gasteiger partial charge < -0.3 is 15.0 Å². The van der Waals surface area contributed by atoms with Gasteiger partial charge in [-0.2, -0.15) is 5.21 Å². The maximum absolute atomic E-state index is 11.6. The van der Waals surface area contributed by atoms with Gasteiger partial charge >= 0.3 is 0 Å². The molecular formula is C21H20N6O2. The molecule has 4 rings (SSSR count). The average Bonchev–Trinajstić information content (AvgIpc) is 3.38. The summed E-state index contributed by atoms with van der Waals surface area (Å²) in [6.07, 6.45) is 0.504. The molecule has 0 unspecified atom stereocenters. The average molecular weight is 388 g/mol. The molecule has 8 heteroatoms. The van der Waals surface area contributed by atoms with Crippen LogP contribution in [0.2, 0.25) is 0 Å². The minimum absolute atomic E-state index is 0.449. The summed E-state index contributed by atoms with van der Waals surface area (Å²) in [7, 11) is 1.64. The molecule has 0 bridgehead atoms. The Bertz CT molecular complexity index is 1150. The molecule has 146 valence electrons. The van der Waals surface area contributed by atoms with Gasteiger partial charge in [0.1, 0.15) is 5.75 Å². The van der Waals surface area contributed by atoms with Crippen molar-refractivity contribution >= 4 is 5.91 Å². The second-order valence-electron chi connectivity index (χ2n) is 6.64. The van der Waals surface area contributed by atoms with Gasteiger partial charge in [-0.1, -0.05) is 5.21 Å². The Labute approximate surface area is 167 Å². The second kappa shape index (κ2) is 7.59. The maximum Gasteiger partial charge on any atom is 0.248 e. The number of carbonyl (C=O) groups is 1. The van der Waals surface area contributed by atoms with Crippen LogP contribution >= 0.6 is 0 Å². The Morgan fingerprint density at radius 2 is 1.93 bits per heavy atom. The number of hydrogen-bond donors (Lipinski definition) is 2. The molecule has 2 heterocycles. The van der Waals surface area contributed by atoms with Crippen molar-refractivity contribution in [1.82, 2.24) is 25.2 Å². The molecule has 0 atom stereocenters. The number of aromatic amines is 1. The van der Waals surface area contributed by atoms with Crippen LogP contribution in [0.5, 0.6) is 5.75 Å². The second-order valence-corrected chi connectivity index (χ2v) is 6.64. The third-order valence-corrected chi connectivity index (χ3v) is 4.80. The fourth-order valence-electron chi connectivity index (χ4n) is 3.37. The highest BCUT2D eigenvalue weighted by Crippen LogP contribution is 2.30. The number of H-pyrrole nitrogens is 1. The molecule has 0 saturated heterocycles. The number of aromatic nitrogens is 5. The van der Waals surface area contributed by atoms with Gasteiger partial charge in [-0.3, -0.25) is 4.79 Å². The van der Waals surface area contributed by atoms with E-state index in [0.717, 1.165) is 34.0 Å². The Morgan fingerprint density at radius 3 is 2.55 bits per heavy atom. The summed E-state index contributed by atoms with van der Waals surface area (Å²) in [5.74, 6) is 0.937. The van der Waals surface area contributed by atoms with Crippen LogP contribution in [0, 0.1) is 6.92 Å². The molecule has 4 aromatic rings. The van der Waals surface area contributed by atoms with E-state index in [1.807, 2.05) is 43.3 Å². The lowest BCUT2D eigenvalue weighted by molar-refractivity contribution is 0.1000. The zero-order valence-electron chi connectivity index (χ0n) is 16.1. The van der Waals surface area contributed by atoms with E-state index in [4.69, 9.17) is 10.5 Å². The standard InChI is InChI=1S/C21H20N6O2/c1-13-11-15(21(22)28)5-9-18(13)27-16(12-20-23-25-26-24-20)6-10-19(27)14-3-7-17(29-2)8-4-14/h3-11H,12H2,1-2H3,(H2,22,28)(H,23,24,25,26). The number of benzene rings is 2. The van der Waals surface area contributed by atoms with Crippen LogP contribution in [-0.4, -0.2) is 38.2 Å². The SMILES string of the molecule is COc1ccc(-c2ccc(Cc3nn[nH]n3)n2-c2ccc(C(N)=O)cc2C)cc1. The first-order chi connectivity index (χ1) is 14.1. The van der Waals surface area contributed by atoms with Gasteiger partial charge in [0.2, 0.25) is 5.91 Å². The Balaban J connectivity index is 1.86. The lowest BCUT2D eigenvalue weighted by Gasteiger charge is -2.16. The fraction of sp³-hybridized carbons (Fsp3) is 0.143. The first kappa shape index (κ1) is 18.4. The highest BCUT2D eigenvalue weighted by atomic mass is 16.5. The van der Waals surface area contributed by atoms with Gasteiger partial charge in [0.05, 0.1) is 19.2 Å². The van der Waals surface area contributed by atoms with E-state index >= 15 is 0 Å². The van der Waals surface area contributed by atoms with Crippen molar-refractivity contribution < 1.29 is 9.53 Å². The molecule has 8 nitrogen and oxygen atoms in total. The predicted octanol–water partition coefficient (Wildman–Crippen LogP) is 2.66. The highest BCUT2D eigenvalue weighted by molar-refractivity contribution is 5.93. The van der Waals surface area contributed by atoms with Crippen LogP contribution in [0.15, 0.2) is 54.6 Å². The first-order valence-corrected chi connectivity index (χ1v) is 9.05. The van der Waals surface area contributed by atoms with E-state index in [1.165, 1.54) is 0 Å². The summed E-state index contributed by atoms with van der Waals surface area (Å²) >= 11 is 0. The maximum atomic E-state index is 11.6. The number of ether oxygens (including phenoxy) is 1. The normalized spacial score (nSPS) is 10.8. The summed E-state index contributed by atoms with van der Waals surface area (Å²) in [6.45, 7) is 1.96. The third kappa shape index (κ3) is 3.60. The lowest BCUT2D eigenvalue weighted by atomic mass is 10.1. The summed E-state index contributed by atoms with van der Waals surface area (Å²) in [6, 6.07) is 17.4. The number of tetrazole rings is 1.